The first kappa shape index (κ1) is 16.4. The molecular formula is C20H26N2O3. The molecule has 1 saturated heterocycles. The zero-order valence-electron chi connectivity index (χ0n) is 15.2. The lowest BCUT2D eigenvalue weighted by Crippen LogP contribution is -2.46. The maximum absolute atomic E-state index is 12.7. The second-order valence-electron chi connectivity index (χ2n) is 8.45. The van der Waals surface area contributed by atoms with Crippen LogP contribution in [0.5, 0.6) is 0 Å². The van der Waals surface area contributed by atoms with E-state index in [9.17, 15) is 9.59 Å². The molecule has 4 rings (SSSR count). The Morgan fingerprint density at radius 2 is 1.96 bits per heavy atom. The topological polar surface area (TPSA) is 58.6 Å². The molecule has 1 aliphatic heterocycles. The Morgan fingerprint density at radius 3 is 2.48 bits per heavy atom. The standard InChI is InChI=1S/C20H26N2O3/c1-19(2)14-8-9-20(19,3)16(12-14)21-17(23)13-4-6-15(7-5-13)22-10-11-25-18(22)24/h4-7,14,16H,8-12H2,1-3H3,(H,21,23)/t14-,16+,20-/m1/s1. The Balaban J connectivity index is 1.46. The quantitative estimate of drug-likeness (QED) is 0.913. The zero-order chi connectivity index (χ0) is 17.8. The Labute approximate surface area is 148 Å². The second kappa shape index (κ2) is 5.48. The van der Waals surface area contributed by atoms with Crippen LogP contribution in [0.4, 0.5) is 10.5 Å². The maximum atomic E-state index is 12.7. The highest BCUT2D eigenvalue weighted by molar-refractivity contribution is 5.96. The number of fused-ring (bicyclic) bond motifs is 2. The largest absolute Gasteiger partial charge is 0.447 e. The van der Waals surface area contributed by atoms with E-state index in [1.54, 1.807) is 17.0 Å². The van der Waals surface area contributed by atoms with Crippen molar-refractivity contribution in [3.63, 3.8) is 0 Å². The minimum Gasteiger partial charge on any atom is -0.447 e. The second-order valence-corrected chi connectivity index (χ2v) is 8.45. The number of ether oxygens (including phenoxy) is 1. The smallest absolute Gasteiger partial charge is 0.414 e. The van der Waals surface area contributed by atoms with Gasteiger partial charge in [0.15, 0.2) is 0 Å². The molecule has 0 radical (unpaired) electrons. The molecule has 134 valence electrons. The lowest BCUT2D eigenvalue weighted by molar-refractivity contribution is 0.0826. The highest BCUT2D eigenvalue weighted by Gasteiger charge is 2.61. The van der Waals surface area contributed by atoms with E-state index >= 15 is 0 Å². The molecule has 5 nitrogen and oxygen atoms in total. The molecule has 0 aromatic heterocycles. The Bertz CT molecular complexity index is 712. The summed E-state index contributed by atoms with van der Waals surface area (Å²) in [5.41, 5.74) is 1.87. The molecule has 2 amide bonds. The van der Waals surface area contributed by atoms with Crippen molar-refractivity contribution in [3.8, 4) is 0 Å². The third-order valence-electron chi connectivity index (χ3n) is 7.30. The van der Waals surface area contributed by atoms with Crippen molar-refractivity contribution in [2.24, 2.45) is 16.7 Å². The van der Waals surface area contributed by atoms with E-state index in [1.807, 2.05) is 12.1 Å². The van der Waals surface area contributed by atoms with E-state index in [4.69, 9.17) is 4.74 Å². The van der Waals surface area contributed by atoms with Crippen molar-refractivity contribution < 1.29 is 14.3 Å². The number of amides is 2. The van der Waals surface area contributed by atoms with Gasteiger partial charge in [0.1, 0.15) is 6.61 Å². The highest BCUT2D eigenvalue weighted by Crippen LogP contribution is 2.65. The molecule has 0 unspecified atom stereocenters. The van der Waals surface area contributed by atoms with Gasteiger partial charge in [0.05, 0.1) is 6.54 Å². The van der Waals surface area contributed by atoms with Crippen LogP contribution in [-0.2, 0) is 4.74 Å². The van der Waals surface area contributed by atoms with Crippen LogP contribution in [0.25, 0.3) is 0 Å². The van der Waals surface area contributed by atoms with Gasteiger partial charge in [-0.1, -0.05) is 20.8 Å². The summed E-state index contributed by atoms with van der Waals surface area (Å²) < 4.78 is 4.95. The lowest BCUT2D eigenvalue weighted by atomic mass is 9.69. The normalized spacial score (nSPS) is 32.8. The average Bonchev–Trinajstić information content (AvgIpc) is 3.16. The summed E-state index contributed by atoms with van der Waals surface area (Å²) in [5, 5.41) is 3.28. The van der Waals surface area contributed by atoms with E-state index < -0.39 is 0 Å². The Kier molecular flexibility index (Phi) is 3.60. The highest BCUT2D eigenvalue weighted by atomic mass is 16.6. The number of carbonyl (C=O) groups excluding carboxylic acids is 2. The van der Waals surface area contributed by atoms with Crippen LogP contribution in [0.1, 0.15) is 50.4 Å². The van der Waals surface area contributed by atoms with Gasteiger partial charge < -0.3 is 10.1 Å². The molecule has 2 bridgehead atoms. The number of carbonyl (C=O) groups is 2. The summed E-state index contributed by atoms with van der Waals surface area (Å²) in [6, 6.07) is 7.44. The van der Waals surface area contributed by atoms with Crippen LogP contribution in [0, 0.1) is 16.7 Å². The van der Waals surface area contributed by atoms with Crippen LogP contribution in [0.15, 0.2) is 24.3 Å². The van der Waals surface area contributed by atoms with Gasteiger partial charge in [0, 0.05) is 17.3 Å². The van der Waals surface area contributed by atoms with Crippen LogP contribution in [-0.4, -0.2) is 31.2 Å². The van der Waals surface area contributed by atoms with Gasteiger partial charge >= 0.3 is 6.09 Å². The summed E-state index contributed by atoms with van der Waals surface area (Å²) in [6.07, 6.45) is 3.21. The van der Waals surface area contributed by atoms with Crippen molar-refractivity contribution in [1.29, 1.82) is 0 Å². The molecular weight excluding hydrogens is 316 g/mol. The Morgan fingerprint density at radius 1 is 1.24 bits per heavy atom. The van der Waals surface area contributed by atoms with Crippen LogP contribution in [0.2, 0.25) is 0 Å². The molecule has 3 aliphatic rings. The van der Waals surface area contributed by atoms with Gasteiger partial charge in [0.2, 0.25) is 0 Å². The number of rotatable bonds is 3. The van der Waals surface area contributed by atoms with Crippen LogP contribution >= 0.6 is 0 Å². The number of hydrogen-bond acceptors (Lipinski definition) is 3. The molecule has 2 aliphatic carbocycles. The zero-order valence-corrected chi connectivity index (χ0v) is 15.2. The number of benzene rings is 1. The van der Waals surface area contributed by atoms with E-state index in [0.717, 1.165) is 12.1 Å². The van der Waals surface area contributed by atoms with Crippen molar-refractivity contribution in [1.82, 2.24) is 5.32 Å². The maximum Gasteiger partial charge on any atom is 0.414 e. The van der Waals surface area contributed by atoms with E-state index in [1.165, 1.54) is 12.8 Å². The van der Waals surface area contributed by atoms with Gasteiger partial charge in [-0.2, -0.15) is 0 Å². The van der Waals surface area contributed by atoms with E-state index in [0.29, 0.717) is 24.6 Å². The van der Waals surface area contributed by atoms with Crippen LogP contribution < -0.4 is 10.2 Å². The summed E-state index contributed by atoms with van der Waals surface area (Å²) in [4.78, 5) is 25.9. The summed E-state index contributed by atoms with van der Waals surface area (Å²) in [6.45, 7) is 7.99. The fourth-order valence-electron chi connectivity index (χ4n) is 5.08. The van der Waals surface area contributed by atoms with E-state index in [2.05, 4.69) is 26.1 Å². The summed E-state index contributed by atoms with van der Waals surface area (Å²) >= 11 is 0. The first-order valence-electron chi connectivity index (χ1n) is 9.18. The number of nitrogens with one attached hydrogen (secondary N) is 1. The fraction of sp³-hybridized carbons (Fsp3) is 0.600. The Hall–Kier alpha value is -2.04. The monoisotopic (exact) mass is 342 g/mol. The van der Waals surface area contributed by atoms with Crippen molar-refractivity contribution in [3.05, 3.63) is 29.8 Å². The molecule has 2 saturated carbocycles. The molecule has 1 aromatic rings. The average molecular weight is 342 g/mol. The van der Waals surface area contributed by atoms with Crippen molar-refractivity contribution in [2.75, 3.05) is 18.1 Å². The van der Waals surface area contributed by atoms with E-state index in [-0.39, 0.29) is 28.9 Å². The minimum atomic E-state index is -0.325. The predicted octanol–water partition coefficient (Wildman–Crippen LogP) is 3.59. The molecule has 3 atom stereocenters. The number of anilines is 1. The third-order valence-corrected chi connectivity index (χ3v) is 7.30. The van der Waals surface area contributed by atoms with Gasteiger partial charge in [0.25, 0.3) is 5.91 Å². The SMILES string of the molecule is CC1(C)[C@@H]2CC[C@]1(C)[C@@H](NC(=O)c1ccc(N3CCOC3=O)cc1)C2. The molecule has 1 heterocycles. The fourth-order valence-corrected chi connectivity index (χ4v) is 5.08. The molecule has 25 heavy (non-hydrogen) atoms. The van der Waals surface area contributed by atoms with Gasteiger partial charge in [-0.25, -0.2) is 4.79 Å². The van der Waals surface area contributed by atoms with Gasteiger partial charge in [-0.15, -0.1) is 0 Å². The molecule has 1 N–H and O–H groups in total. The predicted molar refractivity (Wildman–Crippen MR) is 95.6 cm³/mol. The first-order valence-corrected chi connectivity index (χ1v) is 9.18. The molecule has 0 spiro atoms. The van der Waals surface area contributed by atoms with Crippen molar-refractivity contribution >= 4 is 17.7 Å². The third kappa shape index (κ3) is 2.35. The minimum absolute atomic E-state index is 0.0230. The van der Waals surface area contributed by atoms with Gasteiger partial charge in [-0.05, 0) is 60.3 Å². The lowest BCUT2D eigenvalue weighted by Gasteiger charge is -2.39. The summed E-state index contributed by atoms with van der Waals surface area (Å²) in [7, 11) is 0. The number of hydrogen-bond donors (Lipinski definition) is 1. The molecule has 5 heteroatoms. The molecule has 3 fully saturated rings. The van der Waals surface area contributed by atoms with Gasteiger partial charge in [-0.3, -0.25) is 9.69 Å². The first-order chi connectivity index (χ1) is 11.8. The number of cyclic esters (lactones) is 1. The van der Waals surface area contributed by atoms with Crippen molar-refractivity contribution in [2.45, 2.75) is 46.1 Å². The number of nitrogens with zero attached hydrogens (tertiary/aromatic N) is 1. The summed E-state index contributed by atoms with van der Waals surface area (Å²) in [5.74, 6) is 0.677. The molecule has 1 aromatic carbocycles. The van der Waals surface area contributed by atoms with Crippen LogP contribution in [0.3, 0.4) is 0 Å².